The quantitative estimate of drug-likeness (QED) is 0.797. The van der Waals surface area contributed by atoms with Crippen LogP contribution in [-0.2, 0) is 4.79 Å². The number of halogens is 2. The van der Waals surface area contributed by atoms with Crippen molar-refractivity contribution >= 4 is 29.1 Å². The number of carbonyl (C=O) groups excluding carboxylic acids is 1. The summed E-state index contributed by atoms with van der Waals surface area (Å²) in [5.74, 6) is -0.204. The maximum Gasteiger partial charge on any atom is 0.235 e. The molecule has 0 bridgehead atoms. The van der Waals surface area contributed by atoms with Gasteiger partial charge >= 0.3 is 0 Å². The molecule has 0 unspecified atom stereocenters. The lowest BCUT2D eigenvalue weighted by Gasteiger charge is -2.13. The molecule has 1 N–H and O–H groups in total. The predicted molar refractivity (Wildman–Crippen MR) is 58.7 cm³/mol. The fourth-order valence-electron chi connectivity index (χ4n) is 1.14. The highest BCUT2D eigenvalue weighted by Gasteiger charge is 2.08. The van der Waals surface area contributed by atoms with Gasteiger partial charge in [-0.2, -0.15) is 0 Å². The SMILES string of the molecule is C[C@@H](NC(=O)CCl)c1cccc(Cl)c1. The molecule has 0 saturated carbocycles. The standard InChI is InChI=1S/C10H11Cl2NO/c1-7(13-10(14)6-11)8-3-2-4-9(12)5-8/h2-5,7H,6H2,1H3,(H,13,14)/t7-/m1/s1. The molecule has 76 valence electrons. The van der Waals surface area contributed by atoms with Crippen molar-refractivity contribution in [2.45, 2.75) is 13.0 Å². The highest BCUT2D eigenvalue weighted by atomic mass is 35.5. The van der Waals surface area contributed by atoms with E-state index in [9.17, 15) is 4.79 Å². The lowest BCUT2D eigenvalue weighted by molar-refractivity contribution is -0.119. The number of hydrogen-bond donors (Lipinski definition) is 1. The molecule has 2 nitrogen and oxygen atoms in total. The van der Waals surface area contributed by atoms with Crippen molar-refractivity contribution in [3.05, 3.63) is 34.9 Å². The molecular formula is C10H11Cl2NO. The van der Waals surface area contributed by atoms with Gasteiger partial charge in [-0.3, -0.25) is 4.79 Å². The van der Waals surface area contributed by atoms with Crippen LogP contribution in [0.4, 0.5) is 0 Å². The van der Waals surface area contributed by atoms with Crippen molar-refractivity contribution in [3.63, 3.8) is 0 Å². The molecule has 0 radical (unpaired) electrons. The minimum absolute atomic E-state index is 0.0229. The molecule has 0 saturated heterocycles. The Bertz CT molecular complexity index is 328. The summed E-state index contributed by atoms with van der Waals surface area (Å²) in [6.45, 7) is 1.89. The molecule has 0 aliphatic heterocycles. The Morgan fingerprint density at radius 3 is 2.86 bits per heavy atom. The summed E-state index contributed by atoms with van der Waals surface area (Å²) in [4.78, 5) is 11.0. The van der Waals surface area contributed by atoms with Gasteiger partial charge in [0.1, 0.15) is 5.88 Å². The van der Waals surface area contributed by atoms with Crippen LogP contribution in [0.1, 0.15) is 18.5 Å². The number of benzene rings is 1. The minimum atomic E-state index is -0.181. The van der Waals surface area contributed by atoms with Gasteiger partial charge in [-0.15, -0.1) is 11.6 Å². The van der Waals surface area contributed by atoms with Gasteiger partial charge in [0.15, 0.2) is 0 Å². The molecule has 1 amide bonds. The zero-order valence-corrected chi connectivity index (χ0v) is 9.27. The zero-order valence-electron chi connectivity index (χ0n) is 7.76. The van der Waals surface area contributed by atoms with Crippen LogP contribution in [0.5, 0.6) is 0 Å². The van der Waals surface area contributed by atoms with Gasteiger partial charge in [0.05, 0.1) is 6.04 Å². The van der Waals surface area contributed by atoms with Crippen LogP contribution >= 0.6 is 23.2 Å². The second kappa shape index (κ2) is 5.23. The molecule has 1 atom stereocenters. The first kappa shape index (κ1) is 11.3. The van der Waals surface area contributed by atoms with Crippen LogP contribution in [0.2, 0.25) is 5.02 Å². The van der Waals surface area contributed by atoms with Crippen molar-refractivity contribution in [1.29, 1.82) is 0 Å². The van der Waals surface area contributed by atoms with E-state index in [1.165, 1.54) is 0 Å². The van der Waals surface area contributed by atoms with E-state index in [0.717, 1.165) is 5.56 Å². The molecule has 4 heteroatoms. The average molecular weight is 232 g/mol. The van der Waals surface area contributed by atoms with Crippen LogP contribution in [0.25, 0.3) is 0 Å². The number of hydrogen-bond acceptors (Lipinski definition) is 1. The predicted octanol–water partition coefficient (Wildman–Crippen LogP) is 2.76. The average Bonchev–Trinajstić information content (AvgIpc) is 2.17. The van der Waals surface area contributed by atoms with Gasteiger partial charge in [0.2, 0.25) is 5.91 Å². The Kier molecular flexibility index (Phi) is 4.23. The second-order valence-electron chi connectivity index (χ2n) is 2.98. The van der Waals surface area contributed by atoms with E-state index in [2.05, 4.69) is 5.32 Å². The summed E-state index contributed by atoms with van der Waals surface area (Å²) < 4.78 is 0. The minimum Gasteiger partial charge on any atom is -0.349 e. The third-order valence-electron chi connectivity index (χ3n) is 1.85. The van der Waals surface area contributed by atoms with Gasteiger partial charge in [-0.05, 0) is 24.6 Å². The number of rotatable bonds is 3. The zero-order chi connectivity index (χ0) is 10.6. The van der Waals surface area contributed by atoms with Crippen molar-refractivity contribution in [2.75, 3.05) is 5.88 Å². The van der Waals surface area contributed by atoms with Crippen LogP contribution in [0.15, 0.2) is 24.3 Å². The molecule has 1 aromatic carbocycles. The number of nitrogens with one attached hydrogen (secondary N) is 1. The Labute approximate surface area is 93.2 Å². The van der Waals surface area contributed by atoms with Crippen molar-refractivity contribution < 1.29 is 4.79 Å². The lowest BCUT2D eigenvalue weighted by atomic mass is 10.1. The Balaban J connectivity index is 2.69. The van der Waals surface area contributed by atoms with Gasteiger partial charge in [-0.25, -0.2) is 0 Å². The molecule has 0 fully saturated rings. The monoisotopic (exact) mass is 231 g/mol. The first-order valence-corrected chi connectivity index (χ1v) is 5.15. The Morgan fingerprint density at radius 1 is 1.57 bits per heavy atom. The van der Waals surface area contributed by atoms with E-state index < -0.39 is 0 Å². The molecule has 1 aromatic rings. The molecule has 14 heavy (non-hydrogen) atoms. The molecule has 0 spiro atoms. The van der Waals surface area contributed by atoms with E-state index in [4.69, 9.17) is 23.2 Å². The summed E-state index contributed by atoms with van der Waals surface area (Å²) >= 11 is 11.2. The lowest BCUT2D eigenvalue weighted by Crippen LogP contribution is -2.27. The summed E-state index contributed by atoms with van der Waals surface area (Å²) in [7, 11) is 0. The van der Waals surface area contributed by atoms with Crippen molar-refractivity contribution in [1.82, 2.24) is 5.32 Å². The van der Waals surface area contributed by atoms with Gasteiger partial charge in [0, 0.05) is 5.02 Å². The third-order valence-corrected chi connectivity index (χ3v) is 2.33. The van der Waals surface area contributed by atoms with Crippen LogP contribution in [0.3, 0.4) is 0 Å². The summed E-state index contributed by atoms with van der Waals surface area (Å²) in [5.41, 5.74) is 0.968. The first-order valence-electron chi connectivity index (χ1n) is 4.24. The smallest absolute Gasteiger partial charge is 0.235 e. The normalized spacial score (nSPS) is 12.2. The molecule has 0 aliphatic carbocycles. The molecule has 0 heterocycles. The van der Waals surface area contributed by atoms with Crippen LogP contribution in [-0.4, -0.2) is 11.8 Å². The maximum absolute atomic E-state index is 11.0. The van der Waals surface area contributed by atoms with E-state index in [0.29, 0.717) is 5.02 Å². The fraction of sp³-hybridized carbons (Fsp3) is 0.300. The molecular weight excluding hydrogens is 221 g/mol. The van der Waals surface area contributed by atoms with Gasteiger partial charge in [-0.1, -0.05) is 23.7 Å². The molecule has 0 aliphatic rings. The number of alkyl halides is 1. The summed E-state index contributed by atoms with van der Waals surface area (Å²) in [5, 5.41) is 3.41. The van der Waals surface area contributed by atoms with Crippen molar-refractivity contribution in [2.24, 2.45) is 0 Å². The topological polar surface area (TPSA) is 29.1 Å². The largest absolute Gasteiger partial charge is 0.349 e. The van der Waals surface area contributed by atoms with Crippen molar-refractivity contribution in [3.8, 4) is 0 Å². The third kappa shape index (κ3) is 3.20. The van der Waals surface area contributed by atoms with E-state index in [-0.39, 0.29) is 17.8 Å². The van der Waals surface area contributed by atoms with Crippen LogP contribution in [0, 0.1) is 0 Å². The first-order chi connectivity index (χ1) is 6.63. The highest BCUT2D eigenvalue weighted by Crippen LogP contribution is 2.17. The molecule has 1 rings (SSSR count). The fourth-order valence-corrected chi connectivity index (χ4v) is 1.42. The Morgan fingerprint density at radius 2 is 2.29 bits per heavy atom. The summed E-state index contributed by atoms with van der Waals surface area (Å²) in [6, 6.07) is 7.30. The number of carbonyl (C=O) groups is 1. The summed E-state index contributed by atoms with van der Waals surface area (Å²) in [6.07, 6.45) is 0. The molecule has 0 aromatic heterocycles. The second-order valence-corrected chi connectivity index (χ2v) is 3.68. The van der Waals surface area contributed by atoms with Crippen LogP contribution < -0.4 is 5.32 Å². The van der Waals surface area contributed by atoms with Gasteiger partial charge in [0.25, 0.3) is 0 Å². The van der Waals surface area contributed by atoms with E-state index in [1.807, 2.05) is 25.1 Å². The Hall–Kier alpha value is -0.730. The van der Waals surface area contributed by atoms with Gasteiger partial charge < -0.3 is 5.32 Å². The number of amides is 1. The maximum atomic E-state index is 11.0. The highest BCUT2D eigenvalue weighted by molar-refractivity contribution is 6.30. The van der Waals surface area contributed by atoms with E-state index in [1.54, 1.807) is 6.07 Å². The van der Waals surface area contributed by atoms with E-state index >= 15 is 0 Å².